The molecule has 0 bridgehead atoms. The van der Waals surface area contributed by atoms with Crippen molar-refractivity contribution in [2.45, 2.75) is 86.6 Å². The van der Waals surface area contributed by atoms with Gasteiger partial charge >= 0.3 is 5.97 Å². The van der Waals surface area contributed by atoms with Crippen LogP contribution in [0.1, 0.15) is 90.6 Å². The highest BCUT2D eigenvalue weighted by atomic mass is 16.5. The van der Waals surface area contributed by atoms with Crippen molar-refractivity contribution < 1.29 is 9.53 Å². The molecule has 2 atom stereocenters. The molecule has 38 heavy (non-hydrogen) atoms. The average Bonchev–Trinajstić information content (AvgIpc) is 2.94. The Morgan fingerprint density at radius 3 is 2.47 bits per heavy atom. The summed E-state index contributed by atoms with van der Waals surface area (Å²) in [4.78, 5) is 17.3. The van der Waals surface area contributed by atoms with Crippen molar-refractivity contribution in [1.82, 2.24) is 20.0 Å². The van der Waals surface area contributed by atoms with E-state index < -0.39 is 0 Å². The molecule has 0 spiro atoms. The van der Waals surface area contributed by atoms with Crippen LogP contribution in [0.15, 0.2) is 47.8 Å². The van der Waals surface area contributed by atoms with Crippen molar-refractivity contribution in [3.05, 3.63) is 64.7 Å². The molecule has 0 saturated carbocycles. The third kappa shape index (κ3) is 8.21. The van der Waals surface area contributed by atoms with E-state index in [1.54, 1.807) is 6.26 Å². The van der Waals surface area contributed by atoms with Gasteiger partial charge in [-0.25, -0.2) is 4.79 Å². The van der Waals surface area contributed by atoms with Gasteiger partial charge in [-0.1, -0.05) is 30.2 Å². The Balaban J connectivity index is 1.95. The zero-order valence-corrected chi connectivity index (χ0v) is 24.9. The summed E-state index contributed by atoms with van der Waals surface area (Å²) in [5.74, 6) is -0.298. The van der Waals surface area contributed by atoms with E-state index in [1.807, 2.05) is 20.8 Å². The topological polar surface area (TPSA) is 58.6 Å². The summed E-state index contributed by atoms with van der Waals surface area (Å²) < 4.78 is 5.48. The largest absolute Gasteiger partial charge is 0.432 e. The first-order valence-electron chi connectivity index (χ1n) is 14.1. The van der Waals surface area contributed by atoms with Gasteiger partial charge in [0.2, 0.25) is 0 Å². The number of hydrogen-bond acceptors (Lipinski definition) is 6. The summed E-state index contributed by atoms with van der Waals surface area (Å²) in [5, 5.41) is 9.23. The van der Waals surface area contributed by atoms with E-state index in [0.717, 1.165) is 68.9 Å². The van der Waals surface area contributed by atoms with Gasteiger partial charge in [-0.3, -0.25) is 9.80 Å². The van der Waals surface area contributed by atoms with Crippen LogP contribution in [0.3, 0.4) is 0 Å². The number of carbonyl (C=O) groups excluding carboxylic acids is 1. The number of allylic oxidation sites excluding steroid dienone is 5. The smallest absolute Gasteiger partial charge is 0.335 e. The monoisotopic (exact) mass is 520 g/mol. The Kier molecular flexibility index (Phi) is 10.6. The first-order chi connectivity index (χ1) is 18.0. The van der Waals surface area contributed by atoms with Crippen molar-refractivity contribution in [3.63, 3.8) is 0 Å². The quantitative estimate of drug-likeness (QED) is 0.161. The minimum atomic E-state index is -0.343. The Bertz CT molecular complexity index is 1080. The van der Waals surface area contributed by atoms with Crippen LogP contribution in [-0.2, 0) is 9.53 Å². The van der Waals surface area contributed by atoms with Crippen LogP contribution in [0.2, 0.25) is 0 Å². The SMILES string of the molecule is CC(C)=CCC[C@@]1(C)CC=C(CN2CCN(C(C)C)CC2)c2nnc(C)cc2[C@@H]1/C=C/OC(=O)C=C(C)C. The molecule has 1 saturated heterocycles. The number of fused-ring (bicyclic) bond motifs is 1. The highest BCUT2D eigenvalue weighted by Crippen LogP contribution is 2.48. The average molecular weight is 521 g/mol. The molecule has 6 heteroatoms. The zero-order valence-electron chi connectivity index (χ0n) is 24.9. The summed E-state index contributed by atoms with van der Waals surface area (Å²) in [7, 11) is 0. The summed E-state index contributed by atoms with van der Waals surface area (Å²) in [6.45, 7) is 22.2. The highest BCUT2D eigenvalue weighted by Gasteiger charge is 2.37. The fraction of sp³-hybridized carbons (Fsp3) is 0.594. The molecule has 0 N–H and O–H groups in total. The first-order valence-corrected chi connectivity index (χ1v) is 14.1. The Labute approximate surface area is 230 Å². The Morgan fingerprint density at radius 1 is 1.13 bits per heavy atom. The summed E-state index contributed by atoms with van der Waals surface area (Å²) in [5.41, 5.74) is 6.52. The zero-order chi connectivity index (χ0) is 27.9. The fourth-order valence-electron chi connectivity index (χ4n) is 5.51. The summed E-state index contributed by atoms with van der Waals surface area (Å²) >= 11 is 0. The minimum absolute atomic E-state index is 0.0447. The van der Waals surface area contributed by atoms with E-state index >= 15 is 0 Å². The number of aryl methyl sites for hydroxylation is 1. The van der Waals surface area contributed by atoms with Crippen LogP contribution in [0.25, 0.3) is 5.57 Å². The second-order valence-corrected chi connectivity index (χ2v) is 12.1. The number of aromatic nitrogens is 2. The van der Waals surface area contributed by atoms with Gasteiger partial charge in [0.05, 0.1) is 17.6 Å². The molecule has 1 aromatic rings. The van der Waals surface area contributed by atoms with Gasteiger partial charge in [0.25, 0.3) is 0 Å². The number of carbonyl (C=O) groups is 1. The normalized spacial score (nSPS) is 22.6. The van der Waals surface area contributed by atoms with Crippen LogP contribution in [-0.4, -0.2) is 64.7 Å². The Morgan fingerprint density at radius 2 is 1.84 bits per heavy atom. The van der Waals surface area contributed by atoms with Gasteiger partial charge < -0.3 is 4.74 Å². The van der Waals surface area contributed by atoms with E-state index in [1.165, 1.54) is 22.8 Å². The maximum Gasteiger partial charge on any atom is 0.335 e. The lowest BCUT2D eigenvalue weighted by molar-refractivity contribution is -0.132. The first kappa shape index (κ1) is 30.0. The van der Waals surface area contributed by atoms with E-state index in [-0.39, 0.29) is 17.3 Å². The Hall–Kier alpha value is -2.57. The van der Waals surface area contributed by atoms with Crippen molar-refractivity contribution in [2.24, 2.45) is 5.41 Å². The van der Waals surface area contributed by atoms with Gasteiger partial charge in [-0.2, -0.15) is 10.2 Å². The van der Waals surface area contributed by atoms with E-state index in [0.29, 0.717) is 6.04 Å². The number of esters is 1. The van der Waals surface area contributed by atoms with E-state index in [9.17, 15) is 4.79 Å². The lowest BCUT2D eigenvalue weighted by atomic mass is 9.69. The number of ether oxygens (including phenoxy) is 1. The van der Waals surface area contributed by atoms with Crippen LogP contribution in [0.4, 0.5) is 0 Å². The third-order valence-corrected chi connectivity index (χ3v) is 7.81. The van der Waals surface area contributed by atoms with Crippen molar-refractivity contribution in [3.8, 4) is 0 Å². The van der Waals surface area contributed by atoms with Crippen LogP contribution in [0, 0.1) is 12.3 Å². The molecule has 208 valence electrons. The van der Waals surface area contributed by atoms with Gasteiger partial charge in [-0.15, -0.1) is 0 Å². The number of piperazine rings is 1. The van der Waals surface area contributed by atoms with Gasteiger partial charge in [0.15, 0.2) is 0 Å². The van der Waals surface area contributed by atoms with Crippen molar-refractivity contribution in [1.29, 1.82) is 0 Å². The predicted octanol–water partition coefficient (Wildman–Crippen LogP) is 6.46. The molecular weight excluding hydrogens is 472 g/mol. The molecule has 3 rings (SSSR count). The highest BCUT2D eigenvalue weighted by molar-refractivity contribution is 5.83. The lowest BCUT2D eigenvalue weighted by Gasteiger charge is -2.37. The standard InChI is InChI=1S/C32H48N4O2/c1-23(2)10-9-13-32(8)14-11-27(22-35-15-17-36(18-16-35)25(5)6)31-28(21-26(7)33-34-31)29(32)12-19-38-30(37)20-24(3)4/h10-12,19-21,25,29H,9,13-18,22H2,1-8H3/b19-12+/t29-,32-/m0/s1. The molecule has 1 fully saturated rings. The molecular formula is C32H48N4O2. The molecule has 0 amide bonds. The number of hydrogen-bond donors (Lipinski definition) is 0. The molecule has 2 heterocycles. The molecule has 1 aliphatic heterocycles. The van der Waals surface area contributed by atoms with Gasteiger partial charge in [0, 0.05) is 50.8 Å². The third-order valence-electron chi connectivity index (χ3n) is 7.81. The molecule has 0 aromatic carbocycles. The number of nitrogens with zero attached hydrogens (tertiary/aromatic N) is 4. The predicted molar refractivity (Wildman–Crippen MR) is 157 cm³/mol. The molecule has 0 unspecified atom stereocenters. The summed E-state index contributed by atoms with van der Waals surface area (Å²) in [6.07, 6.45) is 12.9. The van der Waals surface area contributed by atoms with Crippen LogP contribution in [0.5, 0.6) is 0 Å². The fourth-order valence-corrected chi connectivity index (χ4v) is 5.51. The van der Waals surface area contributed by atoms with E-state index in [2.05, 4.69) is 73.8 Å². The van der Waals surface area contributed by atoms with Gasteiger partial charge in [0.1, 0.15) is 0 Å². The summed E-state index contributed by atoms with van der Waals surface area (Å²) in [6, 6.07) is 2.77. The molecule has 0 radical (unpaired) electrons. The van der Waals surface area contributed by atoms with Crippen LogP contribution < -0.4 is 0 Å². The van der Waals surface area contributed by atoms with Crippen molar-refractivity contribution in [2.75, 3.05) is 32.7 Å². The molecule has 1 aromatic heterocycles. The maximum atomic E-state index is 12.2. The minimum Gasteiger partial charge on any atom is -0.432 e. The maximum absolute atomic E-state index is 12.2. The molecule has 1 aliphatic carbocycles. The molecule has 6 nitrogen and oxygen atoms in total. The lowest BCUT2D eigenvalue weighted by Crippen LogP contribution is -2.49. The number of rotatable bonds is 9. The van der Waals surface area contributed by atoms with Gasteiger partial charge in [-0.05, 0) is 96.4 Å². The second-order valence-electron chi connectivity index (χ2n) is 12.1. The van der Waals surface area contributed by atoms with E-state index in [4.69, 9.17) is 9.84 Å². The van der Waals surface area contributed by atoms with Crippen molar-refractivity contribution >= 4 is 11.5 Å². The van der Waals surface area contributed by atoms with Crippen LogP contribution >= 0.6 is 0 Å². The molecule has 2 aliphatic rings. The second kappa shape index (κ2) is 13.5.